The van der Waals surface area contributed by atoms with Gasteiger partial charge in [-0.15, -0.1) is 0 Å². The van der Waals surface area contributed by atoms with Crippen molar-refractivity contribution in [2.75, 3.05) is 18.1 Å². The lowest BCUT2D eigenvalue weighted by molar-refractivity contribution is 0.290. The molecular formula is C19H20F3N3O2. The maximum absolute atomic E-state index is 14.1. The minimum absolute atomic E-state index is 0.00937. The molecule has 1 saturated heterocycles. The molecule has 0 saturated carbocycles. The summed E-state index contributed by atoms with van der Waals surface area (Å²) < 4.78 is 47.5. The summed E-state index contributed by atoms with van der Waals surface area (Å²) in [5, 5.41) is 0. The first-order chi connectivity index (χ1) is 13.1. The second-order valence-electron chi connectivity index (χ2n) is 6.95. The number of alkyl halides is 1. The van der Waals surface area contributed by atoms with E-state index in [0.29, 0.717) is 12.6 Å². The van der Waals surface area contributed by atoms with Crippen molar-refractivity contribution in [3.63, 3.8) is 0 Å². The zero-order valence-corrected chi connectivity index (χ0v) is 14.8. The van der Waals surface area contributed by atoms with Crippen molar-refractivity contribution in [1.29, 1.82) is 0 Å². The highest BCUT2D eigenvalue weighted by molar-refractivity contribution is 5.48. The summed E-state index contributed by atoms with van der Waals surface area (Å²) >= 11 is 0. The largest absolute Gasteiger partial charge is 0.473 e. The van der Waals surface area contributed by atoms with E-state index in [-0.39, 0.29) is 42.1 Å². The average molecular weight is 379 g/mol. The standard InChI is InChI=1S/C19H20F3N3O2/c20-5-1-4-14-15(21)7-12(8-16(14)22)11-27-17-9-18-24-6-2-3-13(24)10-25(18)19(26)23-17/h7-9,13H,1-6,10-11H2. The van der Waals surface area contributed by atoms with Gasteiger partial charge in [0.1, 0.15) is 24.1 Å². The molecule has 1 atom stereocenters. The molecule has 0 radical (unpaired) electrons. The van der Waals surface area contributed by atoms with Gasteiger partial charge in [-0.25, -0.2) is 13.6 Å². The lowest BCUT2D eigenvalue weighted by Crippen LogP contribution is -2.24. The van der Waals surface area contributed by atoms with Crippen LogP contribution in [-0.2, 0) is 19.6 Å². The predicted molar refractivity (Wildman–Crippen MR) is 93.9 cm³/mol. The fraction of sp³-hybridized carbons (Fsp3) is 0.474. The van der Waals surface area contributed by atoms with Crippen molar-refractivity contribution >= 4 is 5.82 Å². The van der Waals surface area contributed by atoms with E-state index in [1.807, 2.05) is 0 Å². The zero-order chi connectivity index (χ0) is 19.0. The van der Waals surface area contributed by atoms with Gasteiger partial charge in [-0.3, -0.25) is 8.96 Å². The lowest BCUT2D eigenvalue weighted by Gasteiger charge is -2.17. The van der Waals surface area contributed by atoms with E-state index in [0.717, 1.165) is 25.2 Å². The molecule has 2 aromatic rings. The van der Waals surface area contributed by atoms with Crippen LogP contribution in [0.1, 0.15) is 30.4 Å². The van der Waals surface area contributed by atoms with E-state index in [4.69, 9.17) is 4.74 Å². The molecule has 4 rings (SSSR count). The van der Waals surface area contributed by atoms with Crippen LogP contribution in [-0.4, -0.2) is 28.8 Å². The summed E-state index contributed by atoms with van der Waals surface area (Å²) in [5.41, 5.74) is -0.211. The van der Waals surface area contributed by atoms with Crippen molar-refractivity contribution in [2.24, 2.45) is 0 Å². The highest BCUT2D eigenvalue weighted by Crippen LogP contribution is 2.33. The number of benzene rings is 1. The third kappa shape index (κ3) is 3.40. The first-order valence-electron chi connectivity index (χ1n) is 9.11. The van der Waals surface area contributed by atoms with Crippen LogP contribution in [0.5, 0.6) is 5.88 Å². The predicted octanol–water partition coefficient (Wildman–Crippen LogP) is 2.99. The Morgan fingerprint density at radius 2 is 2.00 bits per heavy atom. The molecule has 1 unspecified atom stereocenters. The van der Waals surface area contributed by atoms with Crippen LogP contribution in [0.2, 0.25) is 0 Å². The number of hydrogen-bond acceptors (Lipinski definition) is 4. The molecule has 0 spiro atoms. The quantitative estimate of drug-likeness (QED) is 0.774. The zero-order valence-electron chi connectivity index (χ0n) is 14.8. The summed E-state index contributed by atoms with van der Waals surface area (Å²) in [6.45, 7) is 0.792. The van der Waals surface area contributed by atoms with Gasteiger partial charge in [0.15, 0.2) is 0 Å². The summed E-state index contributed by atoms with van der Waals surface area (Å²) in [5.74, 6) is -0.513. The van der Waals surface area contributed by atoms with Crippen LogP contribution in [0.3, 0.4) is 0 Å². The SMILES string of the molecule is O=c1nc(OCc2cc(F)c(CCCF)c(F)c2)cc2n1CC1CCCN21. The number of fused-ring (bicyclic) bond motifs is 3. The molecule has 8 heteroatoms. The Hall–Kier alpha value is -2.51. The normalized spacial score (nSPS) is 17.9. The van der Waals surface area contributed by atoms with E-state index in [9.17, 15) is 18.0 Å². The van der Waals surface area contributed by atoms with E-state index in [2.05, 4.69) is 9.88 Å². The van der Waals surface area contributed by atoms with Gasteiger partial charge in [0, 0.05) is 30.8 Å². The van der Waals surface area contributed by atoms with Crippen LogP contribution in [0.4, 0.5) is 19.0 Å². The molecule has 0 N–H and O–H groups in total. The molecule has 144 valence electrons. The number of aromatic nitrogens is 2. The Balaban J connectivity index is 1.51. The van der Waals surface area contributed by atoms with Crippen LogP contribution >= 0.6 is 0 Å². The monoisotopic (exact) mass is 379 g/mol. The molecular weight excluding hydrogens is 359 g/mol. The number of nitrogens with zero attached hydrogens (tertiary/aromatic N) is 3. The molecule has 27 heavy (non-hydrogen) atoms. The van der Waals surface area contributed by atoms with E-state index in [1.165, 1.54) is 12.1 Å². The number of rotatable bonds is 6. The molecule has 1 aromatic carbocycles. The van der Waals surface area contributed by atoms with Gasteiger partial charge in [-0.2, -0.15) is 4.98 Å². The Labute approximate surface area is 154 Å². The van der Waals surface area contributed by atoms with Crippen LogP contribution in [0.25, 0.3) is 0 Å². The van der Waals surface area contributed by atoms with Gasteiger partial charge in [-0.1, -0.05) is 0 Å². The highest BCUT2D eigenvalue weighted by atomic mass is 19.1. The van der Waals surface area contributed by atoms with Gasteiger partial charge in [-0.05, 0) is 43.4 Å². The topological polar surface area (TPSA) is 47.4 Å². The minimum Gasteiger partial charge on any atom is -0.473 e. The first-order valence-corrected chi connectivity index (χ1v) is 9.11. The number of halogens is 3. The third-order valence-electron chi connectivity index (χ3n) is 5.18. The minimum atomic E-state index is -0.719. The number of anilines is 1. The Bertz CT molecular complexity index is 893. The third-order valence-corrected chi connectivity index (χ3v) is 5.18. The van der Waals surface area contributed by atoms with Crippen molar-refractivity contribution in [2.45, 2.75) is 44.9 Å². The summed E-state index contributed by atoms with van der Waals surface area (Å²) in [6.07, 6.45) is 2.22. The average Bonchev–Trinajstić information content (AvgIpc) is 3.22. The van der Waals surface area contributed by atoms with Crippen molar-refractivity contribution in [1.82, 2.24) is 9.55 Å². The van der Waals surface area contributed by atoms with E-state index in [1.54, 1.807) is 10.6 Å². The summed E-state index contributed by atoms with van der Waals surface area (Å²) in [4.78, 5) is 18.3. The summed E-state index contributed by atoms with van der Waals surface area (Å²) in [6, 6.07) is 4.38. The van der Waals surface area contributed by atoms with Gasteiger partial charge in [0.25, 0.3) is 0 Å². The highest BCUT2D eigenvalue weighted by Gasteiger charge is 2.34. The number of ether oxygens (including phenoxy) is 1. The molecule has 1 aromatic heterocycles. The lowest BCUT2D eigenvalue weighted by atomic mass is 10.1. The molecule has 0 bridgehead atoms. The summed E-state index contributed by atoms with van der Waals surface area (Å²) in [7, 11) is 0. The maximum Gasteiger partial charge on any atom is 0.352 e. The Morgan fingerprint density at radius 1 is 1.22 bits per heavy atom. The van der Waals surface area contributed by atoms with Crippen LogP contribution < -0.4 is 15.3 Å². The molecule has 5 nitrogen and oxygen atoms in total. The second kappa shape index (κ2) is 7.25. The molecule has 2 aliphatic rings. The van der Waals surface area contributed by atoms with E-state index >= 15 is 0 Å². The fourth-order valence-electron chi connectivity index (χ4n) is 3.87. The first kappa shape index (κ1) is 17.9. The van der Waals surface area contributed by atoms with Crippen molar-refractivity contribution in [3.05, 3.63) is 51.4 Å². The number of hydrogen-bond donors (Lipinski definition) is 0. The fourth-order valence-corrected chi connectivity index (χ4v) is 3.87. The van der Waals surface area contributed by atoms with Gasteiger partial charge in [0.05, 0.1) is 6.67 Å². The van der Waals surface area contributed by atoms with Crippen LogP contribution in [0, 0.1) is 11.6 Å². The van der Waals surface area contributed by atoms with E-state index < -0.39 is 18.3 Å². The smallest absolute Gasteiger partial charge is 0.352 e. The Kier molecular flexibility index (Phi) is 4.80. The van der Waals surface area contributed by atoms with Gasteiger partial charge < -0.3 is 9.64 Å². The Morgan fingerprint density at radius 3 is 2.74 bits per heavy atom. The molecule has 0 amide bonds. The molecule has 3 heterocycles. The van der Waals surface area contributed by atoms with Crippen molar-refractivity contribution < 1.29 is 17.9 Å². The van der Waals surface area contributed by atoms with Gasteiger partial charge >= 0.3 is 5.69 Å². The van der Waals surface area contributed by atoms with Crippen molar-refractivity contribution in [3.8, 4) is 5.88 Å². The van der Waals surface area contributed by atoms with Crippen LogP contribution in [0.15, 0.2) is 23.0 Å². The maximum atomic E-state index is 14.1. The molecule has 1 fully saturated rings. The van der Waals surface area contributed by atoms with Gasteiger partial charge in [0.2, 0.25) is 5.88 Å². The molecule has 2 aliphatic heterocycles. The second-order valence-corrected chi connectivity index (χ2v) is 6.95. The molecule has 0 aliphatic carbocycles.